The van der Waals surface area contributed by atoms with Crippen molar-refractivity contribution in [1.82, 2.24) is 4.90 Å². The molecular formula is C19H13ClF6N2O3. The normalized spacial score (nSPS) is 17.5. The summed E-state index contributed by atoms with van der Waals surface area (Å²) in [6, 6.07) is 5.27. The maximum Gasteiger partial charge on any atom is 0.573 e. The molecule has 1 fully saturated rings. The first-order valence-electron chi connectivity index (χ1n) is 8.64. The van der Waals surface area contributed by atoms with Crippen LogP contribution in [0.3, 0.4) is 0 Å². The minimum absolute atomic E-state index is 0.0729. The molecule has 2 aromatic carbocycles. The predicted molar refractivity (Wildman–Crippen MR) is 97.5 cm³/mol. The van der Waals surface area contributed by atoms with Gasteiger partial charge in [-0.2, -0.15) is 13.2 Å². The Kier molecular flexibility index (Phi) is 5.83. The third kappa shape index (κ3) is 4.87. The number of urea groups is 1. The molecule has 1 saturated heterocycles. The summed E-state index contributed by atoms with van der Waals surface area (Å²) in [6.07, 6.45) is -9.49. The fourth-order valence-corrected chi connectivity index (χ4v) is 3.20. The highest BCUT2D eigenvalue weighted by molar-refractivity contribution is 6.32. The first-order valence-corrected chi connectivity index (χ1v) is 9.02. The molecule has 0 aromatic heterocycles. The number of hydrogen-bond acceptors (Lipinski definition) is 3. The number of carbonyl (C=O) groups excluding carboxylic acids is 2. The van der Waals surface area contributed by atoms with Gasteiger partial charge in [0, 0.05) is 6.54 Å². The van der Waals surface area contributed by atoms with Crippen LogP contribution in [0.1, 0.15) is 18.1 Å². The molecular weight excluding hydrogens is 454 g/mol. The van der Waals surface area contributed by atoms with E-state index in [4.69, 9.17) is 11.6 Å². The molecule has 31 heavy (non-hydrogen) atoms. The molecule has 2 aromatic rings. The minimum Gasteiger partial charge on any atom is -0.404 e. The van der Waals surface area contributed by atoms with Crippen LogP contribution < -0.4 is 9.64 Å². The van der Waals surface area contributed by atoms with Crippen molar-refractivity contribution in [3.8, 4) is 5.75 Å². The topological polar surface area (TPSA) is 49.9 Å². The van der Waals surface area contributed by atoms with Gasteiger partial charge < -0.3 is 9.64 Å². The highest BCUT2D eigenvalue weighted by Crippen LogP contribution is 2.36. The maximum absolute atomic E-state index is 12.8. The molecule has 166 valence electrons. The zero-order valence-electron chi connectivity index (χ0n) is 15.6. The molecule has 0 bridgehead atoms. The largest absolute Gasteiger partial charge is 0.573 e. The summed E-state index contributed by atoms with van der Waals surface area (Å²) in [4.78, 5) is 27.2. The van der Waals surface area contributed by atoms with E-state index in [1.807, 2.05) is 0 Å². The first kappa shape index (κ1) is 22.7. The van der Waals surface area contributed by atoms with Crippen molar-refractivity contribution in [2.45, 2.75) is 32.0 Å². The lowest BCUT2D eigenvalue weighted by Crippen LogP contribution is -2.33. The van der Waals surface area contributed by atoms with Crippen LogP contribution >= 0.6 is 11.6 Å². The SMILES string of the molecule is C[C@H]1C(=O)N(c2ccc(OC(F)(F)F)c(Cl)c2)C(=O)N1Cc1ccc(C(F)(F)F)cc1. The van der Waals surface area contributed by atoms with Gasteiger partial charge in [0.1, 0.15) is 11.8 Å². The van der Waals surface area contributed by atoms with Crippen molar-refractivity contribution >= 4 is 29.2 Å². The second kappa shape index (κ2) is 7.95. The zero-order chi connectivity index (χ0) is 23.1. The Morgan fingerprint density at radius 2 is 1.61 bits per heavy atom. The number of benzene rings is 2. The van der Waals surface area contributed by atoms with Crippen molar-refractivity contribution in [1.29, 1.82) is 0 Å². The van der Waals surface area contributed by atoms with Gasteiger partial charge in [0.15, 0.2) is 0 Å². The number of carbonyl (C=O) groups is 2. The third-order valence-electron chi connectivity index (χ3n) is 4.52. The second-order valence-electron chi connectivity index (χ2n) is 6.62. The third-order valence-corrected chi connectivity index (χ3v) is 4.81. The van der Waals surface area contributed by atoms with E-state index in [2.05, 4.69) is 4.74 Å². The standard InChI is InChI=1S/C19H13ClF6N2O3/c1-10-16(29)28(13-6-7-15(14(20)8-13)31-19(24,25)26)17(30)27(10)9-11-2-4-12(5-3-11)18(21,22)23/h2-8,10H,9H2,1H3/t10-/m0/s1. The van der Waals surface area contributed by atoms with Crippen molar-refractivity contribution in [3.63, 3.8) is 0 Å². The number of nitrogens with zero attached hydrogens (tertiary/aromatic N) is 2. The Hall–Kier alpha value is -2.95. The van der Waals surface area contributed by atoms with Crippen LogP contribution in [0.4, 0.5) is 36.8 Å². The Bertz CT molecular complexity index is 1010. The highest BCUT2D eigenvalue weighted by Gasteiger charge is 2.43. The fourth-order valence-electron chi connectivity index (χ4n) is 2.98. The van der Waals surface area contributed by atoms with Gasteiger partial charge in [-0.3, -0.25) is 4.79 Å². The molecule has 1 heterocycles. The quantitative estimate of drug-likeness (QED) is 0.434. The minimum atomic E-state index is -4.97. The summed E-state index contributed by atoms with van der Waals surface area (Å²) in [5, 5.41) is -0.468. The Balaban J connectivity index is 1.81. The molecule has 0 spiro atoms. The van der Waals surface area contributed by atoms with Gasteiger partial charge in [-0.05, 0) is 42.8 Å². The Labute approximate surface area is 176 Å². The molecule has 0 saturated carbocycles. The molecule has 1 aliphatic heterocycles. The van der Waals surface area contributed by atoms with Crippen LogP contribution in [-0.2, 0) is 17.5 Å². The van der Waals surface area contributed by atoms with E-state index in [1.54, 1.807) is 0 Å². The number of hydrogen-bond donors (Lipinski definition) is 0. The smallest absolute Gasteiger partial charge is 0.404 e. The molecule has 12 heteroatoms. The van der Waals surface area contributed by atoms with Crippen LogP contribution in [0.25, 0.3) is 0 Å². The van der Waals surface area contributed by atoms with Crippen LogP contribution in [0.15, 0.2) is 42.5 Å². The van der Waals surface area contributed by atoms with Crippen LogP contribution in [0.2, 0.25) is 5.02 Å². The van der Waals surface area contributed by atoms with E-state index in [0.29, 0.717) is 5.56 Å². The molecule has 1 aliphatic rings. The van der Waals surface area contributed by atoms with E-state index in [1.165, 1.54) is 19.1 Å². The lowest BCUT2D eigenvalue weighted by Gasteiger charge is -2.20. The van der Waals surface area contributed by atoms with Gasteiger partial charge in [0.25, 0.3) is 5.91 Å². The molecule has 0 radical (unpaired) electrons. The molecule has 1 atom stereocenters. The average molecular weight is 467 g/mol. The Morgan fingerprint density at radius 3 is 2.13 bits per heavy atom. The summed E-state index contributed by atoms with van der Waals surface area (Å²) in [5.41, 5.74) is -0.573. The lowest BCUT2D eigenvalue weighted by atomic mass is 10.1. The van der Waals surface area contributed by atoms with Gasteiger partial charge in [-0.25, -0.2) is 9.69 Å². The number of rotatable bonds is 4. The molecule has 0 aliphatic carbocycles. The summed E-state index contributed by atoms with van der Waals surface area (Å²) in [7, 11) is 0. The molecule has 0 unspecified atom stereocenters. The number of imide groups is 1. The van der Waals surface area contributed by atoms with E-state index in [-0.39, 0.29) is 12.2 Å². The van der Waals surface area contributed by atoms with E-state index in [9.17, 15) is 35.9 Å². The lowest BCUT2D eigenvalue weighted by molar-refractivity contribution is -0.274. The monoisotopic (exact) mass is 466 g/mol. The van der Waals surface area contributed by atoms with Crippen LogP contribution in [0, 0.1) is 0 Å². The summed E-state index contributed by atoms with van der Waals surface area (Å²) in [6.45, 7) is 1.27. The number of anilines is 1. The fraction of sp³-hybridized carbons (Fsp3) is 0.263. The highest BCUT2D eigenvalue weighted by atomic mass is 35.5. The van der Waals surface area contributed by atoms with Crippen molar-refractivity contribution in [2.24, 2.45) is 0 Å². The van der Waals surface area contributed by atoms with Crippen LogP contribution in [-0.4, -0.2) is 29.2 Å². The number of alkyl halides is 6. The van der Waals surface area contributed by atoms with Crippen molar-refractivity contribution < 1.29 is 40.7 Å². The van der Waals surface area contributed by atoms with Crippen LogP contribution in [0.5, 0.6) is 5.75 Å². The van der Waals surface area contributed by atoms with E-state index >= 15 is 0 Å². The predicted octanol–water partition coefficient (Wildman–Crippen LogP) is 5.61. The zero-order valence-corrected chi connectivity index (χ0v) is 16.3. The van der Waals surface area contributed by atoms with Gasteiger partial charge in [0.05, 0.1) is 16.3 Å². The number of ether oxygens (including phenoxy) is 1. The Morgan fingerprint density at radius 1 is 1.00 bits per heavy atom. The van der Waals surface area contributed by atoms with Crippen molar-refractivity contribution in [3.05, 3.63) is 58.6 Å². The van der Waals surface area contributed by atoms with E-state index < -0.39 is 46.9 Å². The van der Waals surface area contributed by atoms with E-state index in [0.717, 1.165) is 40.1 Å². The van der Waals surface area contributed by atoms with Gasteiger partial charge in [-0.15, -0.1) is 13.2 Å². The first-order chi connectivity index (χ1) is 14.3. The molecule has 5 nitrogen and oxygen atoms in total. The van der Waals surface area contributed by atoms with Gasteiger partial charge in [0.2, 0.25) is 0 Å². The van der Waals surface area contributed by atoms with Gasteiger partial charge >= 0.3 is 18.6 Å². The average Bonchev–Trinajstić information content (AvgIpc) is 2.86. The van der Waals surface area contributed by atoms with Crippen molar-refractivity contribution in [2.75, 3.05) is 4.90 Å². The molecule has 3 rings (SSSR count). The second-order valence-corrected chi connectivity index (χ2v) is 7.02. The van der Waals surface area contributed by atoms with Gasteiger partial charge in [-0.1, -0.05) is 23.7 Å². The summed E-state index contributed by atoms with van der Waals surface area (Å²) in [5.74, 6) is -1.37. The number of halogens is 7. The number of amides is 3. The molecule has 3 amide bonds. The maximum atomic E-state index is 12.8. The molecule has 0 N–H and O–H groups in total. The summed E-state index contributed by atoms with van der Waals surface area (Å²) < 4.78 is 79.0. The summed E-state index contributed by atoms with van der Waals surface area (Å²) >= 11 is 5.78.